The third-order valence-electron chi connectivity index (χ3n) is 7.03. The van der Waals surface area contributed by atoms with Crippen molar-refractivity contribution in [3.8, 4) is 11.1 Å². The zero-order valence-corrected chi connectivity index (χ0v) is 22.8. The van der Waals surface area contributed by atoms with E-state index in [9.17, 15) is 19.5 Å². The number of ether oxygens (including phenoxy) is 1. The van der Waals surface area contributed by atoms with Crippen molar-refractivity contribution < 1.29 is 34.2 Å². The second-order valence-corrected chi connectivity index (χ2v) is 9.75. The molecule has 0 bridgehead atoms. The molecule has 0 spiro atoms. The van der Waals surface area contributed by atoms with Gasteiger partial charge in [-0.3, -0.25) is 14.4 Å². The molecule has 1 atom stereocenters. The number of aliphatic hydroxyl groups excluding tert-OH is 2. The molecular weight excluding hydrogens is 542 g/mol. The minimum Gasteiger partial charge on any atom is -0.432 e. The van der Waals surface area contributed by atoms with Crippen molar-refractivity contribution in [2.75, 3.05) is 32.9 Å². The van der Waals surface area contributed by atoms with Gasteiger partial charge in [-0.05, 0) is 64.1 Å². The van der Waals surface area contributed by atoms with Crippen LogP contribution in [0.2, 0.25) is 0 Å². The summed E-state index contributed by atoms with van der Waals surface area (Å²) in [6.07, 6.45) is 0.608. The van der Waals surface area contributed by atoms with E-state index in [2.05, 4.69) is 20.9 Å². The number of nitrogens with one attached hydrogen (secondary N) is 2. The first-order valence-electron chi connectivity index (χ1n) is 13.7. The monoisotopic (exact) mass is 573 g/mol. The SMILES string of the molecule is O=C(CCCc1ccc2c(c1)C(COC(=O)On1nnc3ccccc31)c1cccc(C(=O)NCCO)c1-2)NCCO. The molecule has 1 aliphatic rings. The highest BCUT2D eigenvalue weighted by molar-refractivity contribution is 6.03. The molecule has 1 aromatic heterocycles. The van der Waals surface area contributed by atoms with Gasteiger partial charge in [0.05, 0.1) is 13.2 Å². The lowest BCUT2D eigenvalue weighted by molar-refractivity contribution is -0.121. The van der Waals surface area contributed by atoms with Crippen molar-refractivity contribution >= 4 is 29.0 Å². The van der Waals surface area contributed by atoms with Gasteiger partial charge in [0, 0.05) is 31.0 Å². The summed E-state index contributed by atoms with van der Waals surface area (Å²) < 4.78 is 5.56. The van der Waals surface area contributed by atoms with E-state index < -0.39 is 6.16 Å². The third kappa shape index (κ3) is 6.24. The van der Waals surface area contributed by atoms with Crippen LogP contribution in [0.15, 0.2) is 60.7 Å². The molecule has 12 nitrogen and oxygen atoms in total. The van der Waals surface area contributed by atoms with Crippen LogP contribution in [-0.4, -0.2) is 76.3 Å². The first kappa shape index (κ1) is 28.7. The maximum absolute atomic E-state index is 13.0. The minimum absolute atomic E-state index is 0.0554. The van der Waals surface area contributed by atoms with Crippen molar-refractivity contribution in [1.82, 2.24) is 25.8 Å². The molecule has 218 valence electrons. The molecule has 0 fully saturated rings. The van der Waals surface area contributed by atoms with Gasteiger partial charge in [-0.25, -0.2) is 4.79 Å². The summed E-state index contributed by atoms with van der Waals surface area (Å²) in [4.78, 5) is 43.9. The maximum Gasteiger partial charge on any atom is 0.535 e. The van der Waals surface area contributed by atoms with Gasteiger partial charge in [-0.2, -0.15) is 0 Å². The molecule has 0 saturated carbocycles. The normalized spacial score (nSPS) is 13.3. The highest BCUT2D eigenvalue weighted by Crippen LogP contribution is 2.47. The number of rotatable bonds is 12. The van der Waals surface area contributed by atoms with Crippen LogP contribution in [0.5, 0.6) is 0 Å². The van der Waals surface area contributed by atoms with Crippen molar-refractivity contribution in [1.29, 1.82) is 0 Å². The fraction of sp³-hybridized carbons (Fsp3) is 0.300. The Bertz CT molecular complexity index is 1600. The number of aryl methyl sites for hydroxylation is 1. The third-order valence-corrected chi connectivity index (χ3v) is 7.03. The largest absolute Gasteiger partial charge is 0.535 e. The predicted molar refractivity (Wildman–Crippen MR) is 152 cm³/mol. The van der Waals surface area contributed by atoms with Crippen LogP contribution >= 0.6 is 0 Å². The van der Waals surface area contributed by atoms with E-state index in [-0.39, 0.29) is 50.6 Å². The average molecular weight is 574 g/mol. The number of aromatic nitrogens is 3. The van der Waals surface area contributed by atoms with Gasteiger partial charge < -0.3 is 25.6 Å². The molecule has 42 heavy (non-hydrogen) atoms. The Morgan fingerprint density at radius 2 is 1.74 bits per heavy atom. The van der Waals surface area contributed by atoms with Crippen molar-refractivity contribution in [3.05, 3.63) is 82.9 Å². The summed E-state index contributed by atoms with van der Waals surface area (Å²) in [5.74, 6) is -0.821. The molecule has 4 aromatic rings. The Balaban J connectivity index is 1.37. The summed E-state index contributed by atoms with van der Waals surface area (Å²) in [5, 5.41) is 31.3. The van der Waals surface area contributed by atoms with Gasteiger partial charge in [0.15, 0.2) is 0 Å². The van der Waals surface area contributed by atoms with Crippen LogP contribution in [0.1, 0.15) is 45.8 Å². The lowest BCUT2D eigenvalue weighted by Gasteiger charge is -2.15. The molecule has 0 radical (unpaired) electrons. The van der Waals surface area contributed by atoms with Crippen LogP contribution in [0.3, 0.4) is 0 Å². The average Bonchev–Trinajstić information content (AvgIpc) is 3.55. The second kappa shape index (κ2) is 13.2. The molecule has 12 heteroatoms. The number of amides is 2. The quantitative estimate of drug-likeness (QED) is 0.146. The van der Waals surface area contributed by atoms with E-state index >= 15 is 0 Å². The minimum atomic E-state index is -0.956. The zero-order valence-electron chi connectivity index (χ0n) is 22.8. The predicted octanol–water partition coefficient (Wildman–Crippen LogP) is 1.96. The van der Waals surface area contributed by atoms with Crippen LogP contribution in [-0.2, 0) is 16.0 Å². The number of aliphatic hydroxyl groups is 2. The lowest BCUT2D eigenvalue weighted by atomic mass is 9.95. The number of carbonyl (C=O) groups excluding carboxylic acids is 3. The highest BCUT2D eigenvalue weighted by Gasteiger charge is 2.33. The van der Waals surface area contributed by atoms with Crippen molar-refractivity contribution in [3.63, 3.8) is 0 Å². The highest BCUT2D eigenvalue weighted by atomic mass is 16.8. The molecular formula is C30H31N5O7. The van der Waals surface area contributed by atoms with Crippen molar-refractivity contribution in [2.45, 2.75) is 25.2 Å². The number of hydrogen-bond acceptors (Lipinski definition) is 9. The smallest absolute Gasteiger partial charge is 0.432 e. The van der Waals surface area contributed by atoms with Crippen molar-refractivity contribution in [2.24, 2.45) is 0 Å². The van der Waals surface area contributed by atoms with Gasteiger partial charge >= 0.3 is 6.16 Å². The van der Waals surface area contributed by atoms with Crippen LogP contribution in [0.25, 0.3) is 22.2 Å². The van der Waals surface area contributed by atoms with E-state index in [0.717, 1.165) is 32.7 Å². The summed E-state index contributed by atoms with van der Waals surface area (Å²) >= 11 is 0. The number of fused-ring (bicyclic) bond motifs is 4. The molecule has 5 rings (SSSR count). The van der Waals surface area contributed by atoms with Gasteiger partial charge in [0.25, 0.3) is 5.91 Å². The van der Waals surface area contributed by atoms with E-state index in [0.29, 0.717) is 35.9 Å². The topological polar surface area (TPSA) is 165 Å². The number of nitrogens with zero attached hydrogens (tertiary/aromatic N) is 3. The number of hydrogen-bond donors (Lipinski definition) is 4. The number of carbonyl (C=O) groups is 3. The molecule has 3 aromatic carbocycles. The molecule has 4 N–H and O–H groups in total. The summed E-state index contributed by atoms with van der Waals surface area (Å²) in [6.45, 7) is -0.000944. The first-order chi connectivity index (χ1) is 20.5. The molecule has 1 unspecified atom stereocenters. The molecule has 0 saturated heterocycles. The Morgan fingerprint density at radius 3 is 2.57 bits per heavy atom. The summed E-state index contributed by atoms with van der Waals surface area (Å²) in [7, 11) is 0. The molecule has 2 amide bonds. The van der Waals surface area contributed by atoms with E-state index in [1.165, 1.54) is 0 Å². The Labute approximate surface area is 241 Å². The van der Waals surface area contributed by atoms with Crippen LogP contribution in [0.4, 0.5) is 4.79 Å². The summed E-state index contributed by atoms with van der Waals surface area (Å²) in [5.41, 5.74) is 5.80. The Hall–Kier alpha value is -4.81. The van der Waals surface area contributed by atoms with E-state index in [4.69, 9.17) is 14.7 Å². The van der Waals surface area contributed by atoms with E-state index in [1.54, 1.807) is 36.4 Å². The summed E-state index contributed by atoms with van der Waals surface area (Å²) in [6, 6.07) is 18.3. The van der Waals surface area contributed by atoms with Crippen LogP contribution < -0.4 is 15.5 Å². The van der Waals surface area contributed by atoms with Gasteiger partial charge in [-0.15, -0.1) is 5.10 Å². The first-order valence-corrected chi connectivity index (χ1v) is 13.7. The number of para-hydroxylation sites is 1. The maximum atomic E-state index is 13.0. The molecule has 1 heterocycles. The van der Waals surface area contributed by atoms with Gasteiger partial charge in [-0.1, -0.05) is 47.3 Å². The second-order valence-electron chi connectivity index (χ2n) is 9.75. The fourth-order valence-electron chi connectivity index (χ4n) is 5.15. The Morgan fingerprint density at radius 1 is 0.929 bits per heavy atom. The fourth-order valence-corrected chi connectivity index (χ4v) is 5.15. The van der Waals surface area contributed by atoms with E-state index in [1.807, 2.05) is 24.3 Å². The zero-order chi connectivity index (χ0) is 29.5. The Kier molecular flexibility index (Phi) is 9.05. The van der Waals surface area contributed by atoms with Gasteiger partial charge in [0.2, 0.25) is 5.91 Å². The standard InChI is InChI=1S/C30H31N5O7/c36-15-13-31-27(38)10-3-5-19-11-12-21-23(17-19)24(20-6-4-7-22(28(20)21)29(39)32-14-16-37)18-41-30(40)42-35-26-9-2-1-8-25(26)33-34-35/h1-2,4,6-9,11-12,17,24,36-37H,3,5,10,13-16,18H2,(H,31,38)(H,32,39). The lowest BCUT2D eigenvalue weighted by Crippen LogP contribution is -2.27. The van der Waals surface area contributed by atoms with Crippen LogP contribution in [0, 0.1) is 0 Å². The number of benzene rings is 3. The molecule has 1 aliphatic carbocycles. The molecule has 0 aliphatic heterocycles. The van der Waals surface area contributed by atoms with Gasteiger partial charge in [0.1, 0.15) is 17.6 Å².